The Bertz CT molecular complexity index is 347. The summed E-state index contributed by atoms with van der Waals surface area (Å²) in [6.07, 6.45) is 2.80. The highest BCUT2D eigenvalue weighted by molar-refractivity contribution is 6.42. The first kappa shape index (κ1) is 12.6. The molecule has 0 saturated heterocycles. The largest absolute Gasteiger partial charge is 0.302 e. The van der Waals surface area contributed by atoms with Gasteiger partial charge in [-0.1, -0.05) is 35.3 Å². The van der Waals surface area contributed by atoms with E-state index in [9.17, 15) is 0 Å². The quantitative estimate of drug-likeness (QED) is 0.718. The first-order valence-electron chi connectivity index (χ1n) is 4.78. The van der Waals surface area contributed by atoms with Gasteiger partial charge in [0.25, 0.3) is 0 Å². The Labute approximate surface area is 101 Å². The molecule has 1 aromatic rings. The Morgan fingerprint density at radius 3 is 2.47 bits per heavy atom. The summed E-state index contributed by atoms with van der Waals surface area (Å²) >= 11 is 11.9. The minimum absolute atomic E-state index is 0.303. The predicted molar refractivity (Wildman–Crippen MR) is 67.7 cm³/mol. The normalized spacial score (nSPS) is 12.9. The van der Waals surface area contributed by atoms with Gasteiger partial charge < -0.3 is 4.90 Å². The van der Waals surface area contributed by atoms with Crippen LogP contribution in [0.15, 0.2) is 30.9 Å². The van der Waals surface area contributed by atoms with E-state index >= 15 is 0 Å². The predicted octanol–water partition coefficient (Wildman–Crippen LogP) is 4.17. The molecule has 0 radical (unpaired) electrons. The standard InChI is InChI=1S/C12H15Cl2N/c1-4-5-12(15(2)3)9-6-7-10(13)11(14)8-9/h4,6-8,12H,1,5H2,2-3H3/t12-/m0/s1. The molecule has 1 aromatic carbocycles. The fraction of sp³-hybridized carbons (Fsp3) is 0.333. The van der Waals surface area contributed by atoms with Gasteiger partial charge in [-0.3, -0.25) is 0 Å². The van der Waals surface area contributed by atoms with Crippen LogP contribution in [0.3, 0.4) is 0 Å². The van der Waals surface area contributed by atoms with Crippen LogP contribution in [0.5, 0.6) is 0 Å². The van der Waals surface area contributed by atoms with Crippen molar-refractivity contribution in [3.63, 3.8) is 0 Å². The molecule has 0 aliphatic rings. The molecule has 15 heavy (non-hydrogen) atoms. The Balaban J connectivity index is 3.00. The monoisotopic (exact) mass is 243 g/mol. The van der Waals surface area contributed by atoms with E-state index in [0.717, 1.165) is 12.0 Å². The third kappa shape index (κ3) is 3.23. The van der Waals surface area contributed by atoms with Gasteiger partial charge in [-0.2, -0.15) is 0 Å². The molecule has 0 bridgehead atoms. The fourth-order valence-electron chi connectivity index (χ4n) is 1.52. The summed E-state index contributed by atoms with van der Waals surface area (Å²) in [5.41, 5.74) is 1.16. The van der Waals surface area contributed by atoms with Crippen molar-refractivity contribution in [3.05, 3.63) is 46.5 Å². The number of nitrogens with zero attached hydrogens (tertiary/aromatic N) is 1. The van der Waals surface area contributed by atoms with Crippen molar-refractivity contribution < 1.29 is 0 Å². The summed E-state index contributed by atoms with van der Waals surface area (Å²) in [5, 5.41) is 1.20. The molecule has 0 aliphatic carbocycles. The van der Waals surface area contributed by atoms with E-state index in [4.69, 9.17) is 23.2 Å². The SMILES string of the molecule is C=CC[C@@H](c1ccc(Cl)c(Cl)c1)N(C)C. The number of halogens is 2. The maximum absolute atomic E-state index is 5.99. The summed E-state index contributed by atoms with van der Waals surface area (Å²) < 4.78 is 0. The van der Waals surface area contributed by atoms with Crippen LogP contribution in [0.1, 0.15) is 18.0 Å². The van der Waals surface area contributed by atoms with E-state index in [2.05, 4.69) is 11.5 Å². The Kier molecular flexibility index (Phi) is 4.65. The molecule has 0 amide bonds. The van der Waals surface area contributed by atoms with Crippen LogP contribution in [0.2, 0.25) is 10.0 Å². The minimum atomic E-state index is 0.303. The number of hydrogen-bond donors (Lipinski definition) is 0. The third-order valence-electron chi connectivity index (χ3n) is 2.34. The van der Waals surface area contributed by atoms with E-state index in [1.54, 1.807) is 0 Å². The molecule has 0 aromatic heterocycles. The van der Waals surface area contributed by atoms with Crippen LogP contribution in [-0.4, -0.2) is 19.0 Å². The molecular weight excluding hydrogens is 229 g/mol. The first-order chi connectivity index (χ1) is 7.06. The summed E-state index contributed by atoms with van der Waals surface area (Å²) in [6, 6.07) is 6.05. The van der Waals surface area contributed by atoms with Crippen molar-refractivity contribution in [2.75, 3.05) is 14.1 Å². The highest BCUT2D eigenvalue weighted by Crippen LogP contribution is 2.29. The van der Waals surface area contributed by atoms with Crippen LogP contribution >= 0.6 is 23.2 Å². The molecular formula is C12H15Cl2N. The maximum Gasteiger partial charge on any atom is 0.0595 e. The Morgan fingerprint density at radius 2 is 2.00 bits per heavy atom. The van der Waals surface area contributed by atoms with Gasteiger partial charge in [0.1, 0.15) is 0 Å². The van der Waals surface area contributed by atoms with Crippen molar-refractivity contribution >= 4 is 23.2 Å². The zero-order chi connectivity index (χ0) is 11.4. The highest BCUT2D eigenvalue weighted by atomic mass is 35.5. The topological polar surface area (TPSA) is 3.24 Å². The van der Waals surface area contributed by atoms with E-state index in [-0.39, 0.29) is 0 Å². The molecule has 0 aliphatic heterocycles. The summed E-state index contributed by atoms with van der Waals surface area (Å²) in [7, 11) is 4.08. The van der Waals surface area contributed by atoms with Crippen LogP contribution in [0.4, 0.5) is 0 Å². The average Bonchev–Trinajstić information content (AvgIpc) is 2.18. The molecule has 1 atom stereocenters. The van der Waals surface area contributed by atoms with Crippen LogP contribution < -0.4 is 0 Å². The lowest BCUT2D eigenvalue weighted by molar-refractivity contribution is 0.301. The van der Waals surface area contributed by atoms with Gasteiger partial charge in [0.2, 0.25) is 0 Å². The van der Waals surface area contributed by atoms with Crippen molar-refractivity contribution in [1.82, 2.24) is 4.90 Å². The molecule has 1 rings (SSSR count). The lowest BCUT2D eigenvalue weighted by Crippen LogP contribution is -2.19. The van der Waals surface area contributed by atoms with Crippen molar-refractivity contribution in [2.45, 2.75) is 12.5 Å². The third-order valence-corrected chi connectivity index (χ3v) is 3.08. The molecule has 0 saturated carbocycles. The number of benzene rings is 1. The molecule has 0 spiro atoms. The number of rotatable bonds is 4. The summed E-state index contributed by atoms with van der Waals surface area (Å²) in [5.74, 6) is 0. The van der Waals surface area contributed by atoms with E-state index < -0.39 is 0 Å². The second kappa shape index (κ2) is 5.55. The first-order valence-corrected chi connectivity index (χ1v) is 5.54. The lowest BCUT2D eigenvalue weighted by Gasteiger charge is -2.23. The van der Waals surface area contributed by atoms with Gasteiger partial charge in [-0.05, 0) is 38.2 Å². The molecule has 0 fully saturated rings. The summed E-state index contributed by atoms with van der Waals surface area (Å²) in [4.78, 5) is 2.14. The lowest BCUT2D eigenvalue weighted by atomic mass is 10.0. The van der Waals surface area contributed by atoms with Gasteiger partial charge in [0.05, 0.1) is 10.0 Å². The van der Waals surface area contributed by atoms with Crippen molar-refractivity contribution in [2.24, 2.45) is 0 Å². The van der Waals surface area contributed by atoms with E-state index in [1.165, 1.54) is 0 Å². The molecule has 0 heterocycles. The smallest absolute Gasteiger partial charge is 0.0595 e. The maximum atomic E-state index is 5.99. The zero-order valence-electron chi connectivity index (χ0n) is 9.00. The second-order valence-electron chi connectivity index (χ2n) is 3.68. The molecule has 1 nitrogen and oxygen atoms in total. The number of hydrogen-bond acceptors (Lipinski definition) is 1. The molecule has 0 unspecified atom stereocenters. The van der Waals surface area contributed by atoms with Gasteiger partial charge >= 0.3 is 0 Å². The van der Waals surface area contributed by atoms with Crippen LogP contribution in [0, 0.1) is 0 Å². The van der Waals surface area contributed by atoms with Gasteiger partial charge in [-0.15, -0.1) is 6.58 Å². The van der Waals surface area contributed by atoms with Crippen LogP contribution in [0.25, 0.3) is 0 Å². The van der Waals surface area contributed by atoms with Gasteiger partial charge in [0.15, 0.2) is 0 Å². The Hall–Kier alpha value is -0.500. The van der Waals surface area contributed by atoms with E-state index in [0.29, 0.717) is 16.1 Å². The van der Waals surface area contributed by atoms with E-state index in [1.807, 2.05) is 38.4 Å². The molecule has 82 valence electrons. The van der Waals surface area contributed by atoms with Gasteiger partial charge in [0, 0.05) is 6.04 Å². The second-order valence-corrected chi connectivity index (χ2v) is 4.49. The van der Waals surface area contributed by atoms with Gasteiger partial charge in [-0.25, -0.2) is 0 Å². The highest BCUT2D eigenvalue weighted by Gasteiger charge is 2.13. The van der Waals surface area contributed by atoms with Crippen LogP contribution in [-0.2, 0) is 0 Å². The minimum Gasteiger partial charge on any atom is -0.302 e. The fourth-order valence-corrected chi connectivity index (χ4v) is 1.83. The molecule has 0 N–H and O–H groups in total. The Morgan fingerprint density at radius 1 is 1.33 bits per heavy atom. The zero-order valence-corrected chi connectivity index (χ0v) is 10.5. The molecule has 3 heteroatoms. The van der Waals surface area contributed by atoms with Crippen molar-refractivity contribution in [3.8, 4) is 0 Å². The van der Waals surface area contributed by atoms with Crippen molar-refractivity contribution in [1.29, 1.82) is 0 Å². The average molecular weight is 244 g/mol. The summed E-state index contributed by atoms with van der Waals surface area (Å²) in [6.45, 7) is 3.76.